The number of carbonyl (C=O) groups is 1. The van der Waals surface area contributed by atoms with Crippen molar-refractivity contribution in [3.8, 4) is 11.3 Å². The highest BCUT2D eigenvalue weighted by Crippen LogP contribution is 2.31. The first-order chi connectivity index (χ1) is 12.8. The molecule has 0 radical (unpaired) electrons. The van der Waals surface area contributed by atoms with Gasteiger partial charge in [-0.1, -0.05) is 18.5 Å². The molecule has 3 rings (SSSR count). The highest BCUT2D eigenvalue weighted by Gasteiger charge is 2.20. The van der Waals surface area contributed by atoms with Gasteiger partial charge in [0, 0.05) is 40.5 Å². The minimum Gasteiger partial charge on any atom is -0.334 e. The third kappa shape index (κ3) is 4.55. The quantitative estimate of drug-likeness (QED) is 0.628. The molecular formula is C19H20ClFN4OS. The van der Waals surface area contributed by atoms with Gasteiger partial charge in [-0.15, -0.1) is 11.3 Å². The van der Waals surface area contributed by atoms with Crippen molar-refractivity contribution in [3.63, 3.8) is 0 Å². The van der Waals surface area contributed by atoms with Gasteiger partial charge in [-0.05, 0) is 30.7 Å². The molecule has 3 aromatic rings. The van der Waals surface area contributed by atoms with Gasteiger partial charge in [-0.25, -0.2) is 9.37 Å². The number of rotatable bonds is 6. The number of hydrogen-bond donors (Lipinski definition) is 2. The Morgan fingerprint density at radius 2 is 2.22 bits per heavy atom. The zero-order valence-corrected chi connectivity index (χ0v) is 16.5. The van der Waals surface area contributed by atoms with Crippen LogP contribution in [-0.4, -0.2) is 15.5 Å². The Morgan fingerprint density at radius 1 is 1.44 bits per heavy atom. The van der Waals surface area contributed by atoms with Crippen LogP contribution in [0, 0.1) is 11.7 Å². The third-order valence-corrected chi connectivity index (χ3v) is 5.69. The van der Waals surface area contributed by atoms with E-state index in [1.807, 2.05) is 30.0 Å². The Bertz CT molecular complexity index is 955. The summed E-state index contributed by atoms with van der Waals surface area (Å²) >= 11 is 7.31. The Balaban J connectivity index is 1.62. The van der Waals surface area contributed by atoms with Gasteiger partial charge >= 0.3 is 0 Å². The van der Waals surface area contributed by atoms with Gasteiger partial charge in [0.05, 0.1) is 23.2 Å². The van der Waals surface area contributed by atoms with Gasteiger partial charge in [0.15, 0.2) is 0 Å². The van der Waals surface area contributed by atoms with E-state index in [9.17, 15) is 9.18 Å². The fourth-order valence-corrected chi connectivity index (χ4v) is 3.86. The smallest absolute Gasteiger partial charge is 0.227 e. The lowest BCUT2D eigenvalue weighted by molar-refractivity contribution is -0.119. The zero-order chi connectivity index (χ0) is 19.6. The number of hydrogen-bond acceptors (Lipinski definition) is 4. The number of nitrogens with zero attached hydrogens (tertiary/aromatic N) is 2. The molecule has 1 amide bonds. The monoisotopic (exact) mass is 406 g/mol. The molecule has 0 aliphatic rings. The van der Waals surface area contributed by atoms with Crippen LogP contribution in [0.5, 0.6) is 0 Å². The van der Waals surface area contributed by atoms with Crippen molar-refractivity contribution in [2.75, 3.05) is 5.32 Å². The van der Waals surface area contributed by atoms with Crippen LogP contribution in [0.2, 0.25) is 5.02 Å². The average molecular weight is 407 g/mol. The molecule has 0 bridgehead atoms. The first-order valence-corrected chi connectivity index (χ1v) is 9.67. The second kappa shape index (κ2) is 8.21. The number of amides is 1. The molecule has 0 aliphatic carbocycles. The van der Waals surface area contributed by atoms with Crippen molar-refractivity contribution in [1.29, 1.82) is 0 Å². The molecule has 5 nitrogen and oxygen atoms in total. The molecule has 3 N–H and O–H groups in total. The standard InChI is InChI=1S/C19H20ClFN4OS/c1-11(19(26)24-13-3-4-15(21)14(20)7-13)5-16(22)18-6-12(9-27-18)17-8-23-10-25(17)2/h3-4,6-11,16H,5,22H2,1-2H3,(H,24,26)/t11-,16+/m1/s1. The molecular weight excluding hydrogens is 387 g/mol. The van der Waals surface area contributed by atoms with Gasteiger partial charge in [0.2, 0.25) is 5.91 Å². The number of halogens is 2. The Hall–Kier alpha value is -2.22. The van der Waals surface area contributed by atoms with Crippen molar-refractivity contribution in [1.82, 2.24) is 9.55 Å². The number of aryl methyl sites for hydroxylation is 1. The summed E-state index contributed by atoms with van der Waals surface area (Å²) in [6.45, 7) is 1.82. The van der Waals surface area contributed by atoms with Crippen LogP contribution >= 0.6 is 22.9 Å². The van der Waals surface area contributed by atoms with Crippen LogP contribution in [0.25, 0.3) is 11.3 Å². The van der Waals surface area contributed by atoms with Crippen molar-refractivity contribution in [2.45, 2.75) is 19.4 Å². The van der Waals surface area contributed by atoms with E-state index in [1.165, 1.54) is 18.2 Å². The molecule has 8 heteroatoms. The number of aromatic nitrogens is 2. The number of nitrogens with two attached hydrogens (primary N) is 1. The highest BCUT2D eigenvalue weighted by atomic mass is 35.5. The minimum atomic E-state index is -0.522. The van der Waals surface area contributed by atoms with Gasteiger partial charge in [0.25, 0.3) is 0 Å². The van der Waals surface area contributed by atoms with Crippen LogP contribution in [0.1, 0.15) is 24.3 Å². The van der Waals surface area contributed by atoms with Crippen LogP contribution in [0.3, 0.4) is 0 Å². The molecule has 0 saturated carbocycles. The second-order valence-electron chi connectivity index (χ2n) is 6.49. The summed E-state index contributed by atoms with van der Waals surface area (Å²) in [5.74, 6) is -1.02. The van der Waals surface area contributed by atoms with E-state index < -0.39 is 5.82 Å². The molecule has 142 valence electrons. The summed E-state index contributed by atoms with van der Waals surface area (Å²) in [6.07, 6.45) is 4.05. The van der Waals surface area contributed by atoms with E-state index in [2.05, 4.69) is 10.3 Å². The molecule has 27 heavy (non-hydrogen) atoms. The number of nitrogens with one attached hydrogen (secondary N) is 1. The Labute approximate surface area is 166 Å². The Kier molecular flexibility index (Phi) is 5.94. The van der Waals surface area contributed by atoms with E-state index in [0.29, 0.717) is 12.1 Å². The van der Waals surface area contributed by atoms with Crippen molar-refractivity contribution in [2.24, 2.45) is 18.7 Å². The second-order valence-corrected chi connectivity index (χ2v) is 7.84. The molecule has 2 heterocycles. The van der Waals surface area contributed by atoms with Crippen molar-refractivity contribution >= 4 is 34.5 Å². The van der Waals surface area contributed by atoms with Gasteiger partial charge < -0.3 is 15.6 Å². The first kappa shape index (κ1) is 19.5. The maximum atomic E-state index is 13.2. The van der Waals surface area contributed by atoms with E-state index >= 15 is 0 Å². The van der Waals surface area contributed by atoms with Crippen LogP contribution < -0.4 is 11.1 Å². The topological polar surface area (TPSA) is 72.9 Å². The summed E-state index contributed by atoms with van der Waals surface area (Å²) in [5, 5.41) is 4.76. The maximum absolute atomic E-state index is 13.2. The van der Waals surface area contributed by atoms with Gasteiger partial charge in [-0.3, -0.25) is 4.79 Å². The summed E-state index contributed by atoms with van der Waals surface area (Å²) in [6, 6.07) is 5.87. The summed E-state index contributed by atoms with van der Waals surface area (Å²) in [7, 11) is 1.94. The van der Waals surface area contributed by atoms with E-state index in [-0.39, 0.29) is 22.9 Å². The number of thiophene rings is 1. The molecule has 0 spiro atoms. The normalized spacial score (nSPS) is 13.4. The molecule has 0 saturated heterocycles. The summed E-state index contributed by atoms with van der Waals surface area (Å²) in [4.78, 5) is 17.5. The fraction of sp³-hybridized carbons (Fsp3) is 0.263. The SMILES string of the molecule is C[C@H](C[C@H](N)c1cc(-c2cncn2C)cs1)C(=O)Nc1ccc(F)c(Cl)c1. The number of benzene rings is 1. The van der Waals surface area contributed by atoms with Gasteiger partial charge in [0.1, 0.15) is 5.82 Å². The Morgan fingerprint density at radius 3 is 2.89 bits per heavy atom. The minimum absolute atomic E-state index is 0.0292. The maximum Gasteiger partial charge on any atom is 0.227 e. The third-order valence-electron chi connectivity index (χ3n) is 4.34. The lowest BCUT2D eigenvalue weighted by atomic mass is 10.00. The summed E-state index contributed by atoms with van der Waals surface area (Å²) < 4.78 is 15.2. The van der Waals surface area contributed by atoms with E-state index in [4.69, 9.17) is 17.3 Å². The van der Waals surface area contributed by atoms with E-state index in [1.54, 1.807) is 23.9 Å². The first-order valence-electron chi connectivity index (χ1n) is 8.41. The molecule has 0 aliphatic heterocycles. The van der Waals surface area contributed by atoms with Crippen LogP contribution in [-0.2, 0) is 11.8 Å². The average Bonchev–Trinajstić information content (AvgIpc) is 3.26. The molecule has 1 aromatic carbocycles. The largest absolute Gasteiger partial charge is 0.334 e. The molecule has 0 unspecified atom stereocenters. The number of imidazole rings is 1. The van der Waals surface area contributed by atoms with Crippen molar-refractivity contribution in [3.05, 3.63) is 57.9 Å². The zero-order valence-electron chi connectivity index (χ0n) is 14.9. The predicted octanol–water partition coefficient (Wildman–Crippen LogP) is 4.61. The highest BCUT2D eigenvalue weighted by molar-refractivity contribution is 7.10. The van der Waals surface area contributed by atoms with Gasteiger partial charge in [-0.2, -0.15) is 0 Å². The molecule has 2 atom stereocenters. The molecule has 2 aromatic heterocycles. The number of carbonyl (C=O) groups excluding carboxylic acids is 1. The van der Waals surface area contributed by atoms with E-state index in [0.717, 1.165) is 16.1 Å². The van der Waals surface area contributed by atoms with Crippen LogP contribution in [0.4, 0.5) is 10.1 Å². The van der Waals surface area contributed by atoms with Crippen LogP contribution in [0.15, 0.2) is 42.2 Å². The predicted molar refractivity (Wildman–Crippen MR) is 107 cm³/mol. The fourth-order valence-electron chi connectivity index (χ4n) is 2.76. The number of anilines is 1. The lowest BCUT2D eigenvalue weighted by Gasteiger charge is -2.16. The lowest BCUT2D eigenvalue weighted by Crippen LogP contribution is -2.24. The molecule has 0 fully saturated rings. The van der Waals surface area contributed by atoms with Crippen molar-refractivity contribution < 1.29 is 9.18 Å². The summed E-state index contributed by atoms with van der Waals surface area (Å²) in [5.41, 5.74) is 8.85.